The molecule has 1 aliphatic rings. The molecular weight excluding hydrogens is 439 g/mol. The monoisotopic (exact) mass is 461 g/mol. The first-order valence-electron chi connectivity index (χ1n) is 10.3. The van der Waals surface area contributed by atoms with Crippen LogP contribution in [0.3, 0.4) is 0 Å². The molecule has 3 aromatic rings. The van der Waals surface area contributed by atoms with Gasteiger partial charge >= 0.3 is 6.18 Å². The van der Waals surface area contributed by atoms with E-state index < -0.39 is 22.8 Å². The van der Waals surface area contributed by atoms with Gasteiger partial charge in [-0.05, 0) is 44.2 Å². The van der Waals surface area contributed by atoms with Crippen molar-refractivity contribution in [3.63, 3.8) is 0 Å². The molecule has 0 bridgehead atoms. The molecular formula is C22H22F3N5O3. The van der Waals surface area contributed by atoms with Crippen LogP contribution in [0, 0.1) is 0 Å². The Hall–Kier alpha value is -3.63. The van der Waals surface area contributed by atoms with Crippen molar-refractivity contribution in [1.29, 1.82) is 0 Å². The molecule has 4 rings (SSSR count). The van der Waals surface area contributed by atoms with Crippen LogP contribution in [0.1, 0.15) is 19.4 Å². The third-order valence-electron chi connectivity index (χ3n) is 5.59. The van der Waals surface area contributed by atoms with Gasteiger partial charge in [0.2, 0.25) is 5.91 Å². The van der Waals surface area contributed by atoms with E-state index in [4.69, 9.17) is 4.42 Å². The summed E-state index contributed by atoms with van der Waals surface area (Å²) in [5.74, 6) is 0.608. The molecule has 3 aromatic heterocycles. The van der Waals surface area contributed by atoms with E-state index in [9.17, 15) is 22.8 Å². The molecule has 33 heavy (non-hydrogen) atoms. The molecule has 1 fully saturated rings. The fourth-order valence-corrected chi connectivity index (χ4v) is 3.72. The second-order valence-corrected chi connectivity index (χ2v) is 8.19. The molecule has 0 atom stereocenters. The number of nitrogens with zero attached hydrogens (tertiary/aromatic N) is 5. The summed E-state index contributed by atoms with van der Waals surface area (Å²) >= 11 is 0. The van der Waals surface area contributed by atoms with E-state index in [0.29, 0.717) is 43.5 Å². The SMILES string of the molecule is CC(C)(C(=O)N1CCN(c2ccc(C(F)(F)F)cn2)CC1)n1nc(-c2ccco2)ccc1=O. The molecule has 1 aliphatic heterocycles. The van der Waals surface area contributed by atoms with Crippen molar-refractivity contribution in [2.75, 3.05) is 31.1 Å². The zero-order valence-electron chi connectivity index (χ0n) is 18.0. The molecule has 1 saturated heterocycles. The van der Waals surface area contributed by atoms with Gasteiger partial charge in [0.15, 0.2) is 5.76 Å². The van der Waals surface area contributed by atoms with Crippen LogP contribution in [0.4, 0.5) is 19.0 Å². The number of amides is 1. The number of piperazine rings is 1. The molecule has 4 heterocycles. The Labute approximate surface area is 187 Å². The number of halogens is 3. The van der Waals surface area contributed by atoms with Crippen molar-refractivity contribution in [3.05, 3.63) is 64.8 Å². The predicted octanol–water partition coefficient (Wildman–Crippen LogP) is 3.00. The fraction of sp³-hybridized carbons (Fsp3) is 0.364. The van der Waals surface area contributed by atoms with E-state index in [1.54, 1.807) is 30.9 Å². The molecule has 0 N–H and O–H groups in total. The molecule has 0 radical (unpaired) electrons. The van der Waals surface area contributed by atoms with Crippen molar-refractivity contribution in [2.24, 2.45) is 0 Å². The lowest BCUT2D eigenvalue weighted by Crippen LogP contribution is -2.56. The highest BCUT2D eigenvalue weighted by atomic mass is 19.4. The van der Waals surface area contributed by atoms with Gasteiger partial charge < -0.3 is 14.2 Å². The number of aromatic nitrogens is 3. The lowest BCUT2D eigenvalue weighted by molar-refractivity contribution is -0.140. The van der Waals surface area contributed by atoms with Gasteiger partial charge in [-0.3, -0.25) is 9.59 Å². The van der Waals surface area contributed by atoms with Crippen LogP contribution < -0.4 is 10.5 Å². The first kappa shape index (κ1) is 22.6. The third kappa shape index (κ3) is 4.48. The highest BCUT2D eigenvalue weighted by Crippen LogP contribution is 2.29. The van der Waals surface area contributed by atoms with Gasteiger partial charge in [0.05, 0.1) is 11.8 Å². The lowest BCUT2D eigenvalue weighted by atomic mass is 10.0. The summed E-state index contributed by atoms with van der Waals surface area (Å²) in [7, 11) is 0. The van der Waals surface area contributed by atoms with Crippen LogP contribution in [0.2, 0.25) is 0 Å². The molecule has 8 nitrogen and oxygen atoms in total. The minimum absolute atomic E-state index is 0.284. The van der Waals surface area contributed by atoms with E-state index in [1.807, 2.05) is 4.90 Å². The van der Waals surface area contributed by atoms with E-state index in [2.05, 4.69) is 10.1 Å². The van der Waals surface area contributed by atoms with Crippen LogP contribution in [0.25, 0.3) is 11.5 Å². The molecule has 174 valence electrons. The Bertz CT molecular complexity index is 1180. The van der Waals surface area contributed by atoms with Crippen molar-refractivity contribution in [2.45, 2.75) is 25.6 Å². The summed E-state index contributed by atoms with van der Waals surface area (Å²) in [4.78, 5) is 33.2. The number of hydrogen-bond acceptors (Lipinski definition) is 6. The Balaban J connectivity index is 1.47. The summed E-state index contributed by atoms with van der Waals surface area (Å²) in [5.41, 5.74) is -2.06. The number of carbonyl (C=O) groups excluding carboxylic acids is 1. The molecule has 0 unspecified atom stereocenters. The second-order valence-electron chi connectivity index (χ2n) is 8.19. The minimum Gasteiger partial charge on any atom is -0.463 e. The summed E-state index contributed by atoms with van der Waals surface area (Å²) in [6.07, 6.45) is -2.14. The summed E-state index contributed by atoms with van der Waals surface area (Å²) in [6, 6.07) is 8.61. The van der Waals surface area contributed by atoms with E-state index in [1.165, 1.54) is 24.5 Å². The van der Waals surface area contributed by atoms with E-state index in [-0.39, 0.29) is 5.91 Å². The molecule has 0 saturated carbocycles. The minimum atomic E-state index is -4.44. The quantitative estimate of drug-likeness (QED) is 0.594. The Morgan fingerprint density at radius 3 is 2.33 bits per heavy atom. The van der Waals surface area contributed by atoms with Gasteiger partial charge in [-0.1, -0.05) is 0 Å². The maximum absolute atomic E-state index is 13.3. The van der Waals surface area contributed by atoms with Gasteiger partial charge in [0.1, 0.15) is 17.1 Å². The van der Waals surface area contributed by atoms with Crippen molar-refractivity contribution >= 4 is 11.7 Å². The Morgan fingerprint density at radius 2 is 1.76 bits per heavy atom. The van der Waals surface area contributed by atoms with Gasteiger partial charge in [-0.2, -0.15) is 18.3 Å². The number of hydrogen-bond donors (Lipinski definition) is 0. The third-order valence-corrected chi connectivity index (χ3v) is 5.59. The maximum atomic E-state index is 13.3. The van der Waals surface area contributed by atoms with Crippen LogP contribution in [0.15, 0.2) is 58.1 Å². The molecule has 0 aliphatic carbocycles. The summed E-state index contributed by atoms with van der Waals surface area (Å²) in [5, 5.41) is 4.34. The largest absolute Gasteiger partial charge is 0.463 e. The number of furan rings is 1. The fourth-order valence-electron chi connectivity index (χ4n) is 3.72. The normalized spacial score (nSPS) is 15.1. The Morgan fingerprint density at radius 1 is 1.03 bits per heavy atom. The zero-order valence-corrected chi connectivity index (χ0v) is 18.0. The smallest absolute Gasteiger partial charge is 0.417 e. The second kappa shape index (κ2) is 8.38. The number of anilines is 1. The van der Waals surface area contributed by atoms with Crippen LogP contribution >= 0.6 is 0 Å². The average molecular weight is 461 g/mol. The first-order valence-corrected chi connectivity index (χ1v) is 10.3. The summed E-state index contributed by atoms with van der Waals surface area (Å²) in [6.45, 7) is 4.71. The molecule has 0 aromatic carbocycles. The van der Waals surface area contributed by atoms with Crippen molar-refractivity contribution in [3.8, 4) is 11.5 Å². The van der Waals surface area contributed by atoms with E-state index in [0.717, 1.165) is 16.9 Å². The number of carbonyl (C=O) groups is 1. The van der Waals surface area contributed by atoms with Gasteiger partial charge in [0.25, 0.3) is 5.56 Å². The van der Waals surface area contributed by atoms with Gasteiger partial charge in [-0.25, -0.2) is 9.67 Å². The predicted molar refractivity (Wildman–Crippen MR) is 114 cm³/mol. The Kier molecular flexibility index (Phi) is 5.73. The maximum Gasteiger partial charge on any atom is 0.417 e. The molecule has 1 amide bonds. The van der Waals surface area contributed by atoms with Crippen LogP contribution in [0.5, 0.6) is 0 Å². The highest BCUT2D eigenvalue weighted by molar-refractivity contribution is 5.84. The molecule has 11 heteroatoms. The first-order chi connectivity index (χ1) is 15.6. The van der Waals surface area contributed by atoms with Crippen molar-refractivity contribution in [1.82, 2.24) is 19.7 Å². The summed E-state index contributed by atoms with van der Waals surface area (Å²) < 4.78 is 44.7. The number of alkyl halides is 3. The van der Waals surface area contributed by atoms with Gasteiger partial charge in [-0.15, -0.1) is 0 Å². The van der Waals surface area contributed by atoms with Gasteiger partial charge in [0, 0.05) is 38.4 Å². The van der Waals surface area contributed by atoms with Crippen molar-refractivity contribution < 1.29 is 22.4 Å². The lowest BCUT2D eigenvalue weighted by Gasteiger charge is -2.39. The number of pyridine rings is 1. The van der Waals surface area contributed by atoms with Crippen LogP contribution in [-0.2, 0) is 16.5 Å². The number of rotatable bonds is 4. The van der Waals surface area contributed by atoms with Crippen LogP contribution in [-0.4, -0.2) is 51.8 Å². The topological polar surface area (TPSA) is 84.5 Å². The standard InChI is InChI=1S/C22H22F3N5O3/c1-21(2,30-19(31)8-6-16(27-30)17-4-3-13-33-17)20(32)29-11-9-28(10-12-29)18-7-5-15(14-26-18)22(23,24)25/h3-8,13-14H,9-12H2,1-2H3. The molecule has 0 spiro atoms. The van der Waals surface area contributed by atoms with E-state index >= 15 is 0 Å². The zero-order chi connectivity index (χ0) is 23.8. The highest BCUT2D eigenvalue weighted by Gasteiger charge is 2.37. The average Bonchev–Trinajstić information content (AvgIpc) is 3.33.